The summed E-state index contributed by atoms with van der Waals surface area (Å²) in [5, 5.41) is 12.6. The first-order valence-electron chi connectivity index (χ1n) is 6.41. The summed E-state index contributed by atoms with van der Waals surface area (Å²) in [5.74, 6) is -1.18. The first-order chi connectivity index (χ1) is 9.57. The van der Waals surface area contributed by atoms with Gasteiger partial charge in [0, 0.05) is 12.1 Å². The van der Waals surface area contributed by atoms with Crippen LogP contribution >= 0.6 is 0 Å². The molecule has 0 saturated heterocycles. The third-order valence-corrected chi connectivity index (χ3v) is 3.44. The number of hydrogen-bond donors (Lipinski definition) is 2. The molecule has 0 aliphatic carbocycles. The van der Waals surface area contributed by atoms with E-state index in [-0.39, 0.29) is 18.7 Å². The van der Waals surface area contributed by atoms with Crippen molar-refractivity contribution in [2.45, 2.75) is 19.0 Å². The molecule has 2 N–H and O–H groups in total. The van der Waals surface area contributed by atoms with Gasteiger partial charge in [-0.05, 0) is 24.6 Å². The van der Waals surface area contributed by atoms with Gasteiger partial charge in [0.05, 0.1) is 12.1 Å². The van der Waals surface area contributed by atoms with Gasteiger partial charge in [0.2, 0.25) is 0 Å². The van der Waals surface area contributed by atoms with E-state index in [9.17, 15) is 13.9 Å². The topological polar surface area (TPSA) is 32.3 Å². The molecule has 2 rings (SSSR count). The van der Waals surface area contributed by atoms with Crippen molar-refractivity contribution in [2.75, 3.05) is 6.61 Å². The molecule has 0 amide bonds. The zero-order valence-electron chi connectivity index (χ0n) is 11.2. The number of halogens is 2. The molecule has 1 atom stereocenters. The number of aliphatic hydroxyl groups excluding tert-OH is 1. The van der Waals surface area contributed by atoms with E-state index in [1.807, 2.05) is 30.3 Å². The third kappa shape index (κ3) is 3.03. The first kappa shape index (κ1) is 14.6. The second-order valence-electron chi connectivity index (χ2n) is 4.91. The summed E-state index contributed by atoms with van der Waals surface area (Å²) in [5.41, 5.74) is 0.0815. The highest BCUT2D eigenvalue weighted by molar-refractivity contribution is 5.25. The quantitative estimate of drug-likeness (QED) is 0.880. The fourth-order valence-electron chi connectivity index (χ4n) is 2.04. The molecule has 1 unspecified atom stereocenters. The standard InChI is InChI=1S/C16H17F2NO/c1-16(11-20,12-6-3-2-4-7-12)19-10-13-14(17)8-5-9-15(13)18/h2-9,19-20H,10-11H2,1H3. The van der Waals surface area contributed by atoms with Crippen LogP contribution in [0.5, 0.6) is 0 Å². The van der Waals surface area contributed by atoms with Gasteiger partial charge in [-0.15, -0.1) is 0 Å². The summed E-state index contributed by atoms with van der Waals surface area (Å²) in [6, 6.07) is 13.1. The van der Waals surface area contributed by atoms with Gasteiger partial charge in [-0.25, -0.2) is 8.78 Å². The number of nitrogens with one attached hydrogen (secondary N) is 1. The van der Waals surface area contributed by atoms with Crippen molar-refractivity contribution < 1.29 is 13.9 Å². The molecule has 106 valence electrons. The van der Waals surface area contributed by atoms with Crippen LogP contribution in [0.3, 0.4) is 0 Å². The van der Waals surface area contributed by atoms with E-state index in [4.69, 9.17) is 0 Å². The largest absolute Gasteiger partial charge is 0.394 e. The van der Waals surface area contributed by atoms with E-state index in [0.717, 1.165) is 5.56 Å². The molecule has 0 aliphatic rings. The van der Waals surface area contributed by atoms with Crippen LogP contribution < -0.4 is 5.32 Å². The van der Waals surface area contributed by atoms with Crippen LogP contribution in [0.1, 0.15) is 18.1 Å². The highest BCUT2D eigenvalue weighted by Gasteiger charge is 2.25. The molecule has 2 nitrogen and oxygen atoms in total. The van der Waals surface area contributed by atoms with Crippen molar-refractivity contribution in [3.05, 3.63) is 71.3 Å². The lowest BCUT2D eigenvalue weighted by Crippen LogP contribution is -2.42. The highest BCUT2D eigenvalue weighted by atomic mass is 19.1. The number of benzene rings is 2. The van der Waals surface area contributed by atoms with E-state index < -0.39 is 17.2 Å². The monoisotopic (exact) mass is 277 g/mol. The molecule has 0 bridgehead atoms. The van der Waals surface area contributed by atoms with Crippen LogP contribution in [-0.4, -0.2) is 11.7 Å². The van der Waals surface area contributed by atoms with Crippen molar-refractivity contribution in [3.63, 3.8) is 0 Å². The Bertz CT molecular complexity index is 554. The molecular weight excluding hydrogens is 260 g/mol. The molecule has 0 spiro atoms. The zero-order chi connectivity index (χ0) is 14.6. The number of hydrogen-bond acceptors (Lipinski definition) is 2. The fraction of sp³-hybridized carbons (Fsp3) is 0.250. The first-order valence-corrected chi connectivity index (χ1v) is 6.41. The van der Waals surface area contributed by atoms with E-state index in [0.29, 0.717) is 0 Å². The van der Waals surface area contributed by atoms with E-state index >= 15 is 0 Å². The van der Waals surface area contributed by atoms with Crippen molar-refractivity contribution in [2.24, 2.45) is 0 Å². The maximum Gasteiger partial charge on any atom is 0.130 e. The summed E-state index contributed by atoms with van der Waals surface area (Å²) in [4.78, 5) is 0. The molecule has 20 heavy (non-hydrogen) atoms. The van der Waals surface area contributed by atoms with Gasteiger partial charge in [0.25, 0.3) is 0 Å². The Hall–Kier alpha value is -1.78. The molecule has 0 radical (unpaired) electrons. The highest BCUT2D eigenvalue weighted by Crippen LogP contribution is 2.21. The minimum absolute atomic E-state index is 0.00443. The fourth-order valence-corrected chi connectivity index (χ4v) is 2.04. The predicted molar refractivity (Wildman–Crippen MR) is 74.1 cm³/mol. The summed E-state index contributed by atoms with van der Waals surface area (Å²) in [7, 11) is 0. The zero-order valence-corrected chi connectivity index (χ0v) is 11.2. The van der Waals surface area contributed by atoms with Crippen molar-refractivity contribution in [1.29, 1.82) is 0 Å². The minimum Gasteiger partial charge on any atom is -0.394 e. The molecule has 4 heteroatoms. The van der Waals surface area contributed by atoms with Gasteiger partial charge in [0.1, 0.15) is 11.6 Å². The summed E-state index contributed by atoms with van der Waals surface area (Å²) < 4.78 is 27.2. The van der Waals surface area contributed by atoms with Crippen molar-refractivity contribution in [3.8, 4) is 0 Å². The lowest BCUT2D eigenvalue weighted by atomic mass is 9.92. The SMILES string of the molecule is CC(CO)(NCc1c(F)cccc1F)c1ccccc1. The molecule has 2 aromatic carbocycles. The van der Waals surface area contributed by atoms with Crippen molar-refractivity contribution >= 4 is 0 Å². The number of aliphatic hydroxyl groups is 1. The van der Waals surface area contributed by atoms with Gasteiger partial charge in [-0.1, -0.05) is 36.4 Å². The Morgan fingerprint density at radius 1 is 1.00 bits per heavy atom. The molecule has 0 fully saturated rings. The third-order valence-electron chi connectivity index (χ3n) is 3.44. The maximum absolute atomic E-state index is 13.6. The Kier molecular flexibility index (Phi) is 4.47. The van der Waals surface area contributed by atoms with Gasteiger partial charge >= 0.3 is 0 Å². The van der Waals surface area contributed by atoms with Crippen LogP contribution in [0.15, 0.2) is 48.5 Å². The van der Waals surface area contributed by atoms with Crippen LogP contribution in [-0.2, 0) is 12.1 Å². The summed E-state index contributed by atoms with van der Waals surface area (Å²) in [6.45, 7) is 1.62. The van der Waals surface area contributed by atoms with Crippen LogP contribution in [0, 0.1) is 11.6 Å². The molecular formula is C16H17F2NO. The second kappa shape index (κ2) is 6.11. The summed E-state index contributed by atoms with van der Waals surface area (Å²) >= 11 is 0. The average molecular weight is 277 g/mol. The van der Waals surface area contributed by atoms with E-state index in [2.05, 4.69) is 5.32 Å². The maximum atomic E-state index is 13.6. The Morgan fingerprint density at radius 3 is 2.15 bits per heavy atom. The Balaban J connectivity index is 2.20. The second-order valence-corrected chi connectivity index (χ2v) is 4.91. The minimum atomic E-state index is -0.754. The molecule has 0 aromatic heterocycles. The predicted octanol–water partition coefficient (Wildman–Crippen LogP) is 2.96. The van der Waals surface area contributed by atoms with Gasteiger partial charge in [-0.2, -0.15) is 0 Å². The van der Waals surface area contributed by atoms with Crippen molar-refractivity contribution in [1.82, 2.24) is 5.32 Å². The van der Waals surface area contributed by atoms with Crippen LogP contribution in [0.2, 0.25) is 0 Å². The van der Waals surface area contributed by atoms with E-state index in [1.165, 1.54) is 18.2 Å². The Morgan fingerprint density at radius 2 is 1.60 bits per heavy atom. The lowest BCUT2D eigenvalue weighted by molar-refractivity contribution is 0.172. The molecule has 0 saturated carbocycles. The molecule has 2 aromatic rings. The normalized spacial score (nSPS) is 14.0. The average Bonchev–Trinajstić information content (AvgIpc) is 2.47. The smallest absolute Gasteiger partial charge is 0.130 e. The van der Waals surface area contributed by atoms with Crippen LogP contribution in [0.4, 0.5) is 8.78 Å². The van der Waals surface area contributed by atoms with Gasteiger partial charge in [0.15, 0.2) is 0 Å². The number of rotatable bonds is 5. The Labute approximate surface area is 117 Å². The van der Waals surface area contributed by atoms with Crippen LogP contribution in [0.25, 0.3) is 0 Å². The van der Waals surface area contributed by atoms with Gasteiger partial charge < -0.3 is 10.4 Å². The lowest BCUT2D eigenvalue weighted by Gasteiger charge is -2.29. The van der Waals surface area contributed by atoms with E-state index in [1.54, 1.807) is 6.92 Å². The summed E-state index contributed by atoms with van der Waals surface area (Å²) in [6.07, 6.45) is 0. The molecule has 0 aliphatic heterocycles. The molecule has 0 heterocycles. The van der Waals surface area contributed by atoms with Gasteiger partial charge in [-0.3, -0.25) is 0 Å².